The van der Waals surface area contributed by atoms with Gasteiger partial charge in [0.05, 0.1) is 24.3 Å². The molecule has 0 aliphatic heterocycles. The van der Waals surface area contributed by atoms with E-state index >= 15 is 0 Å². The summed E-state index contributed by atoms with van der Waals surface area (Å²) < 4.78 is 9.53. The summed E-state index contributed by atoms with van der Waals surface area (Å²) in [7, 11) is 1.27. The van der Waals surface area contributed by atoms with Crippen molar-refractivity contribution in [2.75, 3.05) is 24.4 Å². The minimum Gasteiger partial charge on any atom is -0.465 e. The first-order valence-electron chi connectivity index (χ1n) is 8.35. The average Bonchev–Trinajstić information content (AvgIpc) is 2.72. The van der Waals surface area contributed by atoms with Gasteiger partial charge < -0.3 is 20.1 Å². The van der Waals surface area contributed by atoms with Gasteiger partial charge in [-0.05, 0) is 48.5 Å². The number of carbonyl (C=O) groups is 4. The molecule has 9 nitrogen and oxygen atoms in total. The number of benzene rings is 2. The Morgan fingerprint density at radius 3 is 1.79 bits per heavy atom. The number of hydrogen-bond donors (Lipinski definition) is 2. The smallest absolute Gasteiger partial charge is 0.338 e. The van der Waals surface area contributed by atoms with Crippen LogP contribution in [0.3, 0.4) is 0 Å². The third kappa shape index (κ3) is 6.48. The molecular formula is C20H17N3O6. The largest absolute Gasteiger partial charge is 0.465 e. The van der Waals surface area contributed by atoms with Gasteiger partial charge in [-0.2, -0.15) is 5.26 Å². The molecule has 2 rings (SSSR count). The van der Waals surface area contributed by atoms with Gasteiger partial charge in [0.2, 0.25) is 5.91 Å². The van der Waals surface area contributed by atoms with Crippen LogP contribution in [0.4, 0.5) is 11.4 Å². The van der Waals surface area contributed by atoms with Crippen molar-refractivity contribution in [2.45, 2.75) is 6.42 Å². The minimum absolute atomic E-state index is 0.193. The lowest BCUT2D eigenvalue weighted by Gasteiger charge is -2.08. The molecule has 0 unspecified atom stereocenters. The highest BCUT2D eigenvalue weighted by atomic mass is 16.5. The van der Waals surface area contributed by atoms with Gasteiger partial charge in [-0.1, -0.05) is 0 Å². The van der Waals surface area contributed by atoms with Gasteiger partial charge in [0.1, 0.15) is 6.42 Å². The van der Waals surface area contributed by atoms with E-state index in [9.17, 15) is 19.2 Å². The summed E-state index contributed by atoms with van der Waals surface area (Å²) in [6, 6.07) is 13.6. The van der Waals surface area contributed by atoms with Gasteiger partial charge in [-0.25, -0.2) is 9.59 Å². The van der Waals surface area contributed by atoms with Crippen LogP contribution in [-0.2, 0) is 19.1 Å². The number of nitrogens with zero attached hydrogens (tertiary/aromatic N) is 1. The maximum Gasteiger partial charge on any atom is 0.338 e. The van der Waals surface area contributed by atoms with Crippen molar-refractivity contribution in [2.24, 2.45) is 0 Å². The van der Waals surface area contributed by atoms with Crippen LogP contribution in [0.5, 0.6) is 0 Å². The van der Waals surface area contributed by atoms with Crippen LogP contribution in [-0.4, -0.2) is 37.5 Å². The molecule has 0 heterocycles. The van der Waals surface area contributed by atoms with Crippen molar-refractivity contribution in [3.8, 4) is 6.07 Å². The molecule has 29 heavy (non-hydrogen) atoms. The van der Waals surface area contributed by atoms with Crippen molar-refractivity contribution in [3.63, 3.8) is 0 Å². The molecule has 0 saturated carbocycles. The second-order valence-corrected chi connectivity index (χ2v) is 5.65. The molecule has 2 N–H and O–H groups in total. The summed E-state index contributed by atoms with van der Waals surface area (Å²) in [4.78, 5) is 46.6. The first-order valence-corrected chi connectivity index (χ1v) is 8.35. The number of hydrogen-bond acceptors (Lipinski definition) is 7. The van der Waals surface area contributed by atoms with Gasteiger partial charge in [-0.15, -0.1) is 0 Å². The Balaban J connectivity index is 1.83. The Hall–Kier alpha value is -4.19. The molecule has 0 radical (unpaired) electrons. The normalized spacial score (nSPS) is 9.66. The van der Waals surface area contributed by atoms with Gasteiger partial charge in [0.15, 0.2) is 6.61 Å². The Kier molecular flexibility index (Phi) is 7.44. The van der Waals surface area contributed by atoms with Crippen molar-refractivity contribution in [1.29, 1.82) is 5.26 Å². The van der Waals surface area contributed by atoms with E-state index in [1.165, 1.54) is 55.6 Å². The molecule has 0 aliphatic rings. The number of amides is 2. The lowest BCUT2D eigenvalue weighted by molar-refractivity contribution is -0.119. The molecule has 0 saturated heterocycles. The van der Waals surface area contributed by atoms with Crippen LogP contribution >= 0.6 is 0 Å². The number of carbonyl (C=O) groups excluding carboxylic acids is 4. The minimum atomic E-state index is -0.712. The fourth-order valence-electron chi connectivity index (χ4n) is 2.19. The molecule has 2 aromatic carbocycles. The second-order valence-electron chi connectivity index (χ2n) is 5.65. The Morgan fingerprint density at radius 2 is 1.31 bits per heavy atom. The van der Waals surface area contributed by atoms with Gasteiger partial charge >= 0.3 is 11.9 Å². The molecule has 148 valence electrons. The summed E-state index contributed by atoms with van der Waals surface area (Å²) in [5.74, 6) is -2.22. The predicted molar refractivity (Wildman–Crippen MR) is 102 cm³/mol. The Morgan fingerprint density at radius 1 is 0.828 bits per heavy atom. The van der Waals surface area contributed by atoms with Crippen LogP contribution in [0, 0.1) is 11.3 Å². The highest BCUT2D eigenvalue weighted by Gasteiger charge is 2.12. The fraction of sp³-hybridized carbons (Fsp3) is 0.150. The van der Waals surface area contributed by atoms with Crippen molar-refractivity contribution >= 4 is 35.1 Å². The quantitative estimate of drug-likeness (QED) is 0.686. The van der Waals surface area contributed by atoms with Gasteiger partial charge in [0.25, 0.3) is 5.91 Å². The number of nitriles is 1. The van der Waals surface area contributed by atoms with Crippen molar-refractivity contribution < 1.29 is 28.7 Å². The van der Waals surface area contributed by atoms with Gasteiger partial charge in [0, 0.05) is 11.4 Å². The molecular weight excluding hydrogens is 378 g/mol. The highest BCUT2D eigenvalue weighted by molar-refractivity contribution is 5.97. The fourth-order valence-corrected chi connectivity index (χ4v) is 2.19. The molecule has 2 amide bonds. The Labute approximate surface area is 166 Å². The van der Waals surface area contributed by atoms with Crippen LogP contribution in [0.15, 0.2) is 48.5 Å². The van der Waals surface area contributed by atoms with E-state index in [4.69, 9.17) is 10.00 Å². The summed E-state index contributed by atoms with van der Waals surface area (Å²) >= 11 is 0. The number of nitrogens with one attached hydrogen (secondary N) is 2. The SMILES string of the molecule is COC(=O)c1ccc(NC(=O)COC(=O)c2ccc(NC(=O)CC#N)cc2)cc1. The van der Waals surface area contributed by atoms with Crippen molar-refractivity contribution in [3.05, 3.63) is 59.7 Å². The zero-order chi connectivity index (χ0) is 21.2. The first-order chi connectivity index (χ1) is 13.9. The molecule has 9 heteroatoms. The molecule has 0 aromatic heterocycles. The van der Waals surface area contributed by atoms with E-state index in [0.29, 0.717) is 16.9 Å². The van der Waals surface area contributed by atoms with E-state index in [1.54, 1.807) is 6.07 Å². The van der Waals surface area contributed by atoms with Crippen LogP contribution in [0.2, 0.25) is 0 Å². The van der Waals surface area contributed by atoms with Crippen molar-refractivity contribution in [1.82, 2.24) is 0 Å². The number of esters is 2. The van der Waals surface area contributed by atoms with E-state index < -0.39 is 30.4 Å². The summed E-state index contributed by atoms with van der Waals surface area (Å²) in [5.41, 5.74) is 1.38. The highest BCUT2D eigenvalue weighted by Crippen LogP contribution is 2.12. The average molecular weight is 395 g/mol. The predicted octanol–water partition coefficient (Wildman–Crippen LogP) is 2.12. The third-order valence-electron chi connectivity index (χ3n) is 3.57. The van der Waals surface area contributed by atoms with E-state index in [1.807, 2.05) is 0 Å². The Bertz CT molecular complexity index is 946. The third-order valence-corrected chi connectivity index (χ3v) is 3.57. The molecule has 0 atom stereocenters. The van der Waals surface area contributed by atoms with E-state index in [2.05, 4.69) is 15.4 Å². The molecule has 2 aromatic rings. The van der Waals surface area contributed by atoms with E-state index in [-0.39, 0.29) is 12.0 Å². The number of rotatable bonds is 7. The number of anilines is 2. The van der Waals surface area contributed by atoms with Gasteiger partial charge in [-0.3, -0.25) is 9.59 Å². The molecule has 0 fully saturated rings. The summed E-state index contributed by atoms with van der Waals surface area (Å²) in [5, 5.41) is 13.5. The van der Waals surface area contributed by atoms with Crippen LogP contribution in [0.25, 0.3) is 0 Å². The lowest BCUT2D eigenvalue weighted by atomic mass is 10.2. The topological polar surface area (TPSA) is 135 Å². The summed E-state index contributed by atoms with van der Waals surface area (Å²) in [6.07, 6.45) is -0.273. The standard InChI is InChI=1S/C20H17N3O6/c1-28-19(26)13-2-6-16(7-3-13)23-18(25)12-29-20(27)14-4-8-15(9-5-14)22-17(24)10-11-21/h2-9H,10,12H2,1H3,(H,22,24)(H,23,25). The van der Waals surface area contributed by atoms with Crippen LogP contribution < -0.4 is 10.6 Å². The molecule has 0 aliphatic carbocycles. The number of ether oxygens (including phenoxy) is 2. The number of methoxy groups -OCH3 is 1. The zero-order valence-electron chi connectivity index (χ0n) is 15.4. The lowest BCUT2D eigenvalue weighted by Crippen LogP contribution is -2.21. The summed E-state index contributed by atoms with van der Waals surface area (Å²) in [6.45, 7) is -0.502. The first kappa shape index (κ1) is 21.1. The monoisotopic (exact) mass is 395 g/mol. The van der Waals surface area contributed by atoms with E-state index in [0.717, 1.165) is 0 Å². The molecule has 0 spiro atoms. The molecule has 0 bridgehead atoms. The maximum absolute atomic E-state index is 12.0. The second kappa shape index (κ2) is 10.2. The zero-order valence-corrected chi connectivity index (χ0v) is 15.4. The van der Waals surface area contributed by atoms with Crippen LogP contribution in [0.1, 0.15) is 27.1 Å². The maximum atomic E-state index is 12.0.